The van der Waals surface area contributed by atoms with E-state index in [1.54, 1.807) is 7.05 Å². The van der Waals surface area contributed by atoms with Crippen LogP contribution in [0, 0.1) is 10.1 Å². The highest BCUT2D eigenvalue weighted by atomic mass is 32.2. The number of nitrogens with zero attached hydrogens (tertiary/aromatic N) is 2. The van der Waals surface area contributed by atoms with Crippen molar-refractivity contribution in [3.05, 3.63) is 28.3 Å². The normalized spacial score (nSPS) is 15.2. The number of anilines is 1. The topological polar surface area (TPSA) is 92.6 Å². The molecule has 2 rings (SSSR count). The zero-order valence-corrected chi connectivity index (χ0v) is 12.9. The van der Waals surface area contributed by atoms with E-state index in [1.165, 1.54) is 16.4 Å². The molecule has 0 spiro atoms. The van der Waals surface area contributed by atoms with Crippen LogP contribution in [0.15, 0.2) is 23.1 Å². The average Bonchev–Trinajstić information content (AvgIpc) is 3.28. The molecule has 0 radical (unpaired) electrons. The highest BCUT2D eigenvalue weighted by Crippen LogP contribution is 2.34. The minimum Gasteiger partial charge on any atom is -0.383 e. The van der Waals surface area contributed by atoms with Gasteiger partial charge in [-0.1, -0.05) is 6.92 Å². The van der Waals surface area contributed by atoms with Gasteiger partial charge in [-0.05, 0) is 31.4 Å². The maximum atomic E-state index is 12.7. The zero-order valence-electron chi connectivity index (χ0n) is 12.1. The minimum atomic E-state index is -3.68. The van der Waals surface area contributed by atoms with Gasteiger partial charge < -0.3 is 5.32 Å². The molecule has 0 saturated heterocycles. The molecule has 116 valence electrons. The molecule has 1 N–H and O–H groups in total. The Balaban J connectivity index is 2.44. The van der Waals surface area contributed by atoms with Gasteiger partial charge in [-0.15, -0.1) is 0 Å². The largest absolute Gasteiger partial charge is 0.383 e. The third-order valence-electron chi connectivity index (χ3n) is 3.44. The van der Waals surface area contributed by atoms with E-state index in [4.69, 9.17) is 0 Å². The lowest BCUT2D eigenvalue weighted by atomic mass is 10.3. The van der Waals surface area contributed by atoms with E-state index in [9.17, 15) is 18.5 Å². The van der Waals surface area contributed by atoms with Crippen LogP contribution in [0.25, 0.3) is 0 Å². The van der Waals surface area contributed by atoms with Gasteiger partial charge in [0.2, 0.25) is 10.0 Å². The molecule has 1 aromatic rings. The van der Waals surface area contributed by atoms with Crippen molar-refractivity contribution in [2.45, 2.75) is 37.1 Å². The quantitative estimate of drug-likeness (QED) is 0.615. The van der Waals surface area contributed by atoms with Crippen LogP contribution in [0.4, 0.5) is 11.4 Å². The fourth-order valence-corrected chi connectivity index (χ4v) is 4.05. The molecule has 0 unspecified atom stereocenters. The Morgan fingerprint density at radius 2 is 2.10 bits per heavy atom. The minimum absolute atomic E-state index is 0.0199. The summed E-state index contributed by atoms with van der Waals surface area (Å²) >= 11 is 0. The predicted octanol–water partition coefficient (Wildman–Crippen LogP) is 2.20. The molecular weight excluding hydrogens is 294 g/mol. The smallest absolute Gasteiger partial charge is 0.293 e. The number of hydrogen-bond acceptors (Lipinski definition) is 5. The van der Waals surface area contributed by atoms with E-state index >= 15 is 0 Å². The molecule has 0 bridgehead atoms. The Labute approximate surface area is 124 Å². The van der Waals surface area contributed by atoms with Crippen molar-refractivity contribution in [2.75, 3.05) is 18.9 Å². The Bertz CT molecular complexity index is 641. The van der Waals surface area contributed by atoms with Crippen molar-refractivity contribution in [1.82, 2.24) is 4.31 Å². The number of benzene rings is 1. The predicted molar refractivity (Wildman–Crippen MR) is 79.8 cm³/mol. The first kappa shape index (κ1) is 15.7. The maximum absolute atomic E-state index is 12.7. The molecule has 1 aliphatic carbocycles. The van der Waals surface area contributed by atoms with Crippen molar-refractivity contribution < 1.29 is 13.3 Å². The van der Waals surface area contributed by atoms with Gasteiger partial charge in [0, 0.05) is 25.7 Å². The molecule has 1 saturated carbocycles. The zero-order chi connectivity index (χ0) is 15.6. The summed E-state index contributed by atoms with van der Waals surface area (Å²) < 4.78 is 26.8. The van der Waals surface area contributed by atoms with Gasteiger partial charge in [0.25, 0.3) is 5.69 Å². The summed E-state index contributed by atoms with van der Waals surface area (Å²) in [4.78, 5) is 10.5. The van der Waals surface area contributed by atoms with E-state index in [-0.39, 0.29) is 16.6 Å². The number of nitro benzene ring substituents is 1. The van der Waals surface area contributed by atoms with E-state index in [0.717, 1.165) is 18.9 Å². The molecule has 1 fully saturated rings. The molecule has 7 nitrogen and oxygen atoms in total. The van der Waals surface area contributed by atoms with Crippen molar-refractivity contribution in [3.63, 3.8) is 0 Å². The molecule has 0 aliphatic heterocycles. The highest BCUT2D eigenvalue weighted by Gasteiger charge is 2.38. The first-order valence-corrected chi connectivity index (χ1v) is 8.33. The van der Waals surface area contributed by atoms with Gasteiger partial charge in [-0.2, -0.15) is 4.31 Å². The summed E-state index contributed by atoms with van der Waals surface area (Å²) in [5.41, 5.74) is 0.0678. The Morgan fingerprint density at radius 1 is 1.43 bits per heavy atom. The molecule has 0 heterocycles. The second kappa shape index (κ2) is 5.98. The van der Waals surface area contributed by atoms with Crippen molar-refractivity contribution in [3.8, 4) is 0 Å². The lowest BCUT2D eigenvalue weighted by Crippen LogP contribution is -2.33. The van der Waals surface area contributed by atoms with E-state index in [2.05, 4.69) is 5.32 Å². The molecular formula is C13H19N3O4S. The van der Waals surface area contributed by atoms with Gasteiger partial charge in [-0.3, -0.25) is 10.1 Å². The summed E-state index contributed by atoms with van der Waals surface area (Å²) in [6, 6.07) is 4.02. The maximum Gasteiger partial charge on any atom is 0.293 e. The number of nitrogens with one attached hydrogen (secondary N) is 1. The molecule has 1 aliphatic rings. The van der Waals surface area contributed by atoms with Crippen LogP contribution in [0.2, 0.25) is 0 Å². The third kappa shape index (κ3) is 3.16. The molecule has 0 amide bonds. The molecule has 0 atom stereocenters. The van der Waals surface area contributed by atoms with E-state index in [1.807, 2.05) is 6.92 Å². The van der Waals surface area contributed by atoms with E-state index < -0.39 is 14.9 Å². The third-order valence-corrected chi connectivity index (χ3v) is 5.39. The second-order valence-corrected chi connectivity index (χ2v) is 6.92. The summed E-state index contributed by atoms with van der Waals surface area (Å²) in [5, 5.41) is 13.8. The van der Waals surface area contributed by atoms with Gasteiger partial charge in [0.15, 0.2) is 0 Å². The second-order valence-electron chi connectivity index (χ2n) is 5.03. The molecule has 1 aromatic carbocycles. The van der Waals surface area contributed by atoms with Crippen LogP contribution in [0.5, 0.6) is 0 Å². The van der Waals surface area contributed by atoms with Crippen LogP contribution in [-0.2, 0) is 10.0 Å². The fraction of sp³-hybridized carbons (Fsp3) is 0.538. The Morgan fingerprint density at radius 3 is 2.57 bits per heavy atom. The van der Waals surface area contributed by atoms with Crippen molar-refractivity contribution >= 4 is 21.4 Å². The summed E-state index contributed by atoms with van der Waals surface area (Å²) in [6.07, 6.45) is 2.43. The van der Waals surface area contributed by atoms with Gasteiger partial charge in [-0.25, -0.2) is 8.42 Å². The number of nitro groups is 1. The fourth-order valence-electron chi connectivity index (χ4n) is 2.25. The SMILES string of the molecule is CCCN(C1CC1)S(=O)(=O)c1ccc(NC)c([N+](=O)[O-])c1. The summed E-state index contributed by atoms with van der Waals surface area (Å²) in [5.74, 6) is 0. The summed E-state index contributed by atoms with van der Waals surface area (Å²) in [7, 11) is -2.12. The van der Waals surface area contributed by atoms with Crippen LogP contribution >= 0.6 is 0 Å². The van der Waals surface area contributed by atoms with Crippen molar-refractivity contribution in [1.29, 1.82) is 0 Å². The molecule has 0 aromatic heterocycles. The number of hydrogen-bond donors (Lipinski definition) is 1. The summed E-state index contributed by atoms with van der Waals surface area (Å²) in [6.45, 7) is 2.35. The van der Waals surface area contributed by atoms with Gasteiger partial charge >= 0.3 is 0 Å². The monoisotopic (exact) mass is 313 g/mol. The molecule has 21 heavy (non-hydrogen) atoms. The van der Waals surface area contributed by atoms with Crippen LogP contribution < -0.4 is 5.32 Å². The van der Waals surface area contributed by atoms with Crippen LogP contribution in [-0.4, -0.2) is 37.3 Å². The number of rotatable bonds is 7. The van der Waals surface area contributed by atoms with Crippen LogP contribution in [0.1, 0.15) is 26.2 Å². The first-order chi connectivity index (χ1) is 9.91. The Hall–Kier alpha value is -1.67. The lowest BCUT2D eigenvalue weighted by molar-refractivity contribution is -0.384. The number of sulfonamides is 1. The highest BCUT2D eigenvalue weighted by molar-refractivity contribution is 7.89. The average molecular weight is 313 g/mol. The van der Waals surface area contributed by atoms with Crippen LogP contribution in [0.3, 0.4) is 0 Å². The van der Waals surface area contributed by atoms with Gasteiger partial charge in [0.1, 0.15) is 5.69 Å². The standard InChI is InChI=1S/C13H19N3O4S/c1-3-8-15(10-4-5-10)21(19,20)11-6-7-12(14-2)13(9-11)16(17)18/h6-7,9-10,14H,3-5,8H2,1-2H3. The van der Waals surface area contributed by atoms with Gasteiger partial charge in [0.05, 0.1) is 9.82 Å². The first-order valence-electron chi connectivity index (χ1n) is 6.89. The lowest BCUT2D eigenvalue weighted by Gasteiger charge is -2.21. The molecule has 8 heteroatoms. The Kier molecular flexibility index (Phi) is 4.48. The van der Waals surface area contributed by atoms with Crippen molar-refractivity contribution in [2.24, 2.45) is 0 Å². The van der Waals surface area contributed by atoms with E-state index in [0.29, 0.717) is 18.7 Å².